The molecule has 0 saturated carbocycles. The Morgan fingerprint density at radius 1 is 1.17 bits per heavy atom. The van der Waals surface area contributed by atoms with E-state index in [4.69, 9.17) is 23.4 Å². The molecule has 0 amide bonds. The number of benzene rings is 2. The van der Waals surface area contributed by atoms with Crippen LogP contribution in [0.1, 0.15) is 17.0 Å². The maximum atomic E-state index is 15.0. The minimum absolute atomic E-state index is 0.0000195. The Kier molecular flexibility index (Phi) is 6.40. The van der Waals surface area contributed by atoms with Crippen molar-refractivity contribution in [3.63, 3.8) is 0 Å². The van der Waals surface area contributed by atoms with Crippen LogP contribution in [0, 0.1) is 17.1 Å². The van der Waals surface area contributed by atoms with E-state index in [1.807, 2.05) is 4.90 Å². The molecule has 2 aromatic carbocycles. The molecule has 180 valence electrons. The van der Waals surface area contributed by atoms with E-state index in [1.165, 1.54) is 19.2 Å². The zero-order valence-corrected chi connectivity index (χ0v) is 19.1. The number of halogens is 1. The van der Waals surface area contributed by atoms with Gasteiger partial charge in [-0.15, -0.1) is 0 Å². The number of nitriles is 1. The third kappa shape index (κ3) is 4.22. The van der Waals surface area contributed by atoms with Crippen LogP contribution in [-0.4, -0.2) is 51.5 Å². The number of hydrogen-bond acceptors (Lipinski definition) is 8. The van der Waals surface area contributed by atoms with E-state index >= 15 is 4.39 Å². The first kappa shape index (κ1) is 22.9. The van der Waals surface area contributed by atoms with Crippen molar-refractivity contribution in [2.24, 2.45) is 0 Å². The van der Waals surface area contributed by atoms with E-state index in [0.717, 1.165) is 0 Å². The van der Waals surface area contributed by atoms with Crippen molar-refractivity contribution in [3.8, 4) is 17.8 Å². The summed E-state index contributed by atoms with van der Waals surface area (Å²) < 4.78 is 42.9. The van der Waals surface area contributed by atoms with Crippen molar-refractivity contribution in [3.05, 3.63) is 81.1 Å². The normalized spacial score (nSPS) is 17.6. The first-order valence-corrected chi connectivity index (χ1v) is 11.2. The fraction of sp³-hybridized carbons (Fsp3) is 0.308. The average molecular weight is 478 g/mol. The number of ether oxygens (including phenoxy) is 4. The monoisotopic (exact) mass is 478 g/mol. The Balaban J connectivity index is 1.68. The third-order valence-corrected chi connectivity index (χ3v) is 6.05. The van der Waals surface area contributed by atoms with E-state index in [9.17, 15) is 10.1 Å². The Labute approximate surface area is 200 Å². The summed E-state index contributed by atoms with van der Waals surface area (Å²) in [6.45, 7) is 2.43. The van der Waals surface area contributed by atoms with Crippen LogP contribution in [0.15, 0.2) is 63.1 Å². The fourth-order valence-electron chi connectivity index (χ4n) is 4.37. The lowest BCUT2D eigenvalue weighted by atomic mass is 9.84. The van der Waals surface area contributed by atoms with Gasteiger partial charge in [-0.2, -0.15) is 5.26 Å². The molecule has 3 aromatic rings. The van der Waals surface area contributed by atoms with Crippen LogP contribution in [0.5, 0.6) is 11.7 Å². The molecule has 0 spiro atoms. The Morgan fingerprint density at radius 2 is 1.97 bits per heavy atom. The lowest BCUT2D eigenvalue weighted by Crippen LogP contribution is -2.40. The highest BCUT2D eigenvalue weighted by molar-refractivity contribution is 5.78. The molecule has 1 saturated heterocycles. The third-order valence-electron chi connectivity index (χ3n) is 6.05. The number of hydrogen-bond donors (Lipinski definition) is 0. The van der Waals surface area contributed by atoms with Gasteiger partial charge in [-0.25, -0.2) is 4.39 Å². The van der Waals surface area contributed by atoms with Crippen LogP contribution in [0.3, 0.4) is 0 Å². The van der Waals surface area contributed by atoms with Gasteiger partial charge in [0.05, 0.1) is 36.7 Å². The molecule has 0 radical (unpaired) electrons. The molecule has 0 N–H and O–H groups in total. The zero-order valence-electron chi connectivity index (χ0n) is 19.1. The van der Waals surface area contributed by atoms with Gasteiger partial charge in [-0.3, -0.25) is 4.79 Å². The first-order chi connectivity index (χ1) is 17.1. The molecule has 1 unspecified atom stereocenters. The number of allylic oxidation sites excluding steroid dienone is 1. The highest BCUT2D eigenvalue weighted by Gasteiger charge is 2.39. The molecule has 5 rings (SSSR count). The fourth-order valence-corrected chi connectivity index (χ4v) is 4.37. The van der Waals surface area contributed by atoms with Crippen molar-refractivity contribution >= 4 is 11.0 Å². The molecule has 1 fully saturated rings. The summed E-state index contributed by atoms with van der Waals surface area (Å²) in [7, 11) is 1.53. The molecule has 2 aliphatic heterocycles. The number of methoxy groups -OCH3 is 1. The molecular weight excluding hydrogens is 455 g/mol. The van der Waals surface area contributed by atoms with Crippen molar-refractivity contribution in [2.45, 2.75) is 5.92 Å². The molecule has 1 aromatic heterocycles. The van der Waals surface area contributed by atoms with Crippen LogP contribution < -0.4 is 14.9 Å². The number of nitrogens with zero attached hydrogens (tertiary/aromatic N) is 2. The maximum Gasteiger partial charge on any atom is 0.300 e. The number of para-hydroxylation sites is 1. The summed E-state index contributed by atoms with van der Waals surface area (Å²) in [6, 6.07) is 13.5. The molecular formula is C26H23FN2O6. The van der Waals surface area contributed by atoms with E-state index < -0.39 is 11.7 Å². The standard InChI is InChI=1S/C26H23FN2O6/c1-31-12-13-33-21-7-6-16(14-19(21)27)22-18(15-28)25(29-8-10-32-11-9-29)35-26-23(22)24(30)17-4-2-3-5-20(17)34-26/h2-7,14,22H,8-13H2,1H3. The van der Waals surface area contributed by atoms with Crippen molar-refractivity contribution in [1.82, 2.24) is 4.90 Å². The quantitative estimate of drug-likeness (QED) is 0.497. The highest BCUT2D eigenvalue weighted by atomic mass is 19.1. The van der Waals surface area contributed by atoms with E-state index in [0.29, 0.717) is 49.4 Å². The Hall–Kier alpha value is -3.87. The van der Waals surface area contributed by atoms with E-state index in [2.05, 4.69) is 6.07 Å². The summed E-state index contributed by atoms with van der Waals surface area (Å²) in [4.78, 5) is 15.5. The smallest absolute Gasteiger partial charge is 0.300 e. The van der Waals surface area contributed by atoms with Crippen molar-refractivity contribution < 1.29 is 27.8 Å². The minimum atomic E-state index is -0.884. The minimum Gasteiger partial charge on any atom is -0.488 e. The predicted molar refractivity (Wildman–Crippen MR) is 124 cm³/mol. The van der Waals surface area contributed by atoms with Crippen molar-refractivity contribution in [2.75, 3.05) is 46.6 Å². The summed E-state index contributed by atoms with van der Waals surface area (Å²) in [5.41, 5.74) is 0.807. The first-order valence-electron chi connectivity index (χ1n) is 11.2. The predicted octanol–water partition coefficient (Wildman–Crippen LogP) is 3.55. The van der Waals surface area contributed by atoms with Crippen molar-refractivity contribution in [1.29, 1.82) is 5.26 Å². The summed E-state index contributed by atoms with van der Waals surface area (Å²) in [5, 5.41) is 10.6. The summed E-state index contributed by atoms with van der Waals surface area (Å²) >= 11 is 0. The van der Waals surface area contributed by atoms with Gasteiger partial charge in [0.25, 0.3) is 5.95 Å². The van der Waals surface area contributed by atoms with E-state index in [-0.39, 0.29) is 40.8 Å². The van der Waals surface area contributed by atoms with E-state index in [1.54, 1.807) is 30.3 Å². The molecule has 35 heavy (non-hydrogen) atoms. The second-order valence-electron chi connectivity index (χ2n) is 8.12. The van der Waals surface area contributed by atoms with Gasteiger partial charge < -0.3 is 28.3 Å². The number of morpholine rings is 1. The molecule has 3 heterocycles. The molecule has 1 atom stereocenters. The molecule has 9 heteroatoms. The van der Waals surface area contributed by atoms with Crippen LogP contribution >= 0.6 is 0 Å². The zero-order chi connectivity index (χ0) is 24.4. The molecule has 2 aliphatic rings. The van der Waals surface area contributed by atoms with Crippen LogP contribution in [0.2, 0.25) is 0 Å². The molecule has 0 bridgehead atoms. The van der Waals surface area contributed by atoms with Crippen LogP contribution in [0.4, 0.5) is 4.39 Å². The molecule has 0 aliphatic carbocycles. The second-order valence-corrected chi connectivity index (χ2v) is 8.12. The maximum absolute atomic E-state index is 15.0. The van der Waals surface area contributed by atoms with Gasteiger partial charge in [-0.05, 0) is 29.8 Å². The number of fused-ring (bicyclic) bond motifs is 2. The SMILES string of the molecule is COCCOc1ccc(C2C(C#N)=C(N3CCOCC3)Oc3oc4ccccc4c(=O)c32)cc1F. The molecule has 8 nitrogen and oxygen atoms in total. The Morgan fingerprint density at radius 3 is 2.71 bits per heavy atom. The Bertz CT molecular complexity index is 1390. The van der Waals surface area contributed by atoms with Gasteiger partial charge >= 0.3 is 0 Å². The van der Waals surface area contributed by atoms with Gasteiger partial charge in [0, 0.05) is 20.2 Å². The summed E-state index contributed by atoms with van der Waals surface area (Å²) in [5.74, 6) is -1.15. The van der Waals surface area contributed by atoms with Gasteiger partial charge in [-0.1, -0.05) is 18.2 Å². The topological polar surface area (TPSA) is 94.2 Å². The van der Waals surface area contributed by atoms with Crippen LogP contribution in [0.25, 0.3) is 11.0 Å². The van der Waals surface area contributed by atoms with Crippen LogP contribution in [-0.2, 0) is 9.47 Å². The van der Waals surface area contributed by atoms with Gasteiger partial charge in [0.2, 0.25) is 11.3 Å². The lowest BCUT2D eigenvalue weighted by molar-refractivity contribution is 0.0294. The highest BCUT2D eigenvalue weighted by Crippen LogP contribution is 2.44. The number of rotatable bonds is 6. The van der Waals surface area contributed by atoms with Gasteiger partial charge in [0.1, 0.15) is 23.8 Å². The lowest BCUT2D eigenvalue weighted by Gasteiger charge is -2.35. The average Bonchev–Trinajstić information content (AvgIpc) is 2.89. The second kappa shape index (κ2) is 9.78. The largest absolute Gasteiger partial charge is 0.488 e. The summed E-state index contributed by atoms with van der Waals surface area (Å²) in [6.07, 6.45) is 0. The van der Waals surface area contributed by atoms with Gasteiger partial charge in [0.15, 0.2) is 11.6 Å².